The third-order valence-corrected chi connectivity index (χ3v) is 3.16. The molecular formula is C11H11BrN2O2. The number of carboxylic acids is 1. The maximum Gasteiger partial charge on any atom is 0.305 e. The number of benzene rings is 1. The minimum absolute atomic E-state index is 0.0897. The van der Waals surface area contributed by atoms with Gasteiger partial charge >= 0.3 is 5.97 Å². The lowest BCUT2D eigenvalue weighted by Gasteiger charge is -2.00. The standard InChI is InChI=1S/C11H11BrN2O2/c1-7-8-3-2-4-9(12)11(8)13-14(7)6-5-10(15)16/h2-4H,5-6H2,1H3,(H,15,16). The van der Waals surface area contributed by atoms with E-state index in [0.717, 1.165) is 21.1 Å². The van der Waals surface area contributed by atoms with Gasteiger partial charge in [0.05, 0.1) is 13.0 Å². The highest BCUT2D eigenvalue weighted by molar-refractivity contribution is 9.10. The highest BCUT2D eigenvalue weighted by atomic mass is 79.9. The molecule has 0 saturated carbocycles. The molecule has 16 heavy (non-hydrogen) atoms. The van der Waals surface area contributed by atoms with Crippen LogP contribution in [-0.4, -0.2) is 20.9 Å². The number of aryl methyl sites for hydroxylation is 2. The first-order valence-electron chi connectivity index (χ1n) is 4.93. The van der Waals surface area contributed by atoms with E-state index in [0.29, 0.717) is 6.54 Å². The van der Waals surface area contributed by atoms with Crippen molar-refractivity contribution in [3.8, 4) is 0 Å². The van der Waals surface area contributed by atoms with Crippen molar-refractivity contribution < 1.29 is 9.90 Å². The molecule has 0 atom stereocenters. The molecule has 0 spiro atoms. The molecule has 1 N–H and O–H groups in total. The van der Waals surface area contributed by atoms with Gasteiger partial charge in [0.15, 0.2) is 0 Å². The molecule has 1 aromatic heterocycles. The molecule has 0 fully saturated rings. The molecule has 0 amide bonds. The first-order chi connectivity index (χ1) is 7.59. The Bertz CT molecular complexity index is 548. The Hall–Kier alpha value is -1.36. The fourth-order valence-corrected chi connectivity index (χ4v) is 2.11. The third-order valence-electron chi connectivity index (χ3n) is 2.52. The minimum Gasteiger partial charge on any atom is -0.481 e. The van der Waals surface area contributed by atoms with Gasteiger partial charge in [0, 0.05) is 15.6 Å². The van der Waals surface area contributed by atoms with E-state index in [4.69, 9.17) is 5.11 Å². The van der Waals surface area contributed by atoms with E-state index in [1.54, 1.807) is 4.68 Å². The molecule has 84 valence electrons. The van der Waals surface area contributed by atoms with E-state index in [9.17, 15) is 4.79 Å². The molecule has 0 aliphatic carbocycles. The number of aliphatic carboxylic acids is 1. The zero-order chi connectivity index (χ0) is 11.7. The van der Waals surface area contributed by atoms with Crippen LogP contribution < -0.4 is 0 Å². The zero-order valence-electron chi connectivity index (χ0n) is 8.77. The molecule has 2 aromatic rings. The molecule has 1 heterocycles. The Kier molecular flexibility index (Phi) is 2.96. The Morgan fingerprint density at radius 3 is 2.94 bits per heavy atom. The summed E-state index contributed by atoms with van der Waals surface area (Å²) < 4.78 is 2.67. The summed E-state index contributed by atoms with van der Waals surface area (Å²) in [7, 11) is 0. The molecule has 2 rings (SSSR count). The largest absolute Gasteiger partial charge is 0.481 e. The number of halogens is 1. The predicted molar refractivity (Wildman–Crippen MR) is 64.4 cm³/mol. The van der Waals surface area contributed by atoms with E-state index in [-0.39, 0.29) is 6.42 Å². The maximum atomic E-state index is 10.5. The summed E-state index contributed by atoms with van der Waals surface area (Å²) >= 11 is 3.43. The van der Waals surface area contributed by atoms with Crippen LogP contribution in [0.1, 0.15) is 12.1 Å². The summed E-state index contributed by atoms with van der Waals surface area (Å²) in [5, 5.41) is 14.1. The van der Waals surface area contributed by atoms with E-state index >= 15 is 0 Å². The maximum absolute atomic E-state index is 10.5. The summed E-state index contributed by atoms with van der Waals surface area (Å²) in [5.41, 5.74) is 1.88. The van der Waals surface area contributed by atoms with E-state index in [2.05, 4.69) is 21.0 Å². The Labute approximate surface area is 101 Å². The lowest BCUT2D eigenvalue weighted by molar-refractivity contribution is -0.137. The van der Waals surface area contributed by atoms with Crippen molar-refractivity contribution in [3.63, 3.8) is 0 Å². The van der Waals surface area contributed by atoms with Crippen molar-refractivity contribution in [2.24, 2.45) is 0 Å². The molecule has 1 aromatic carbocycles. The predicted octanol–water partition coefficient (Wildman–Crippen LogP) is 2.58. The highest BCUT2D eigenvalue weighted by Crippen LogP contribution is 2.25. The van der Waals surface area contributed by atoms with Crippen LogP contribution >= 0.6 is 15.9 Å². The van der Waals surface area contributed by atoms with Gasteiger partial charge in [0.2, 0.25) is 0 Å². The molecule has 5 heteroatoms. The second-order valence-electron chi connectivity index (χ2n) is 3.59. The van der Waals surface area contributed by atoms with Gasteiger partial charge in [0.25, 0.3) is 0 Å². The quantitative estimate of drug-likeness (QED) is 0.942. The Morgan fingerprint density at radius 1 is 1.56 bits per heavy atom. The second-order valence-corrected chi connectivity index (χ2v) is 4.44. The lowest BCUT2D eigenvalue weighted by Crippen LogP contribution is -2.07. The average Bonchev–Trinajstić information content (AvgIpc) is 2.55. The average molecular weight is 283 g/mol. The fourth-order valence-electron chi connectivity index (χ4n) is 1.66. The number of nitrogens with zero attached hydrogens (tertiary/aromatic N) is 2. The van der Waals surface area contributed by atoms with Crippen LogP contribution in [0.5, 0.6) is 0 Å². The summed E-state index contributed by atoms with van der Waals surface area (Å²) in [6.45, 7) is 2.35. The molecule has 0 unspecified atom stereocenters. The topological polar surface area (TPSA) is 55.1 Å². The number of fused-ring (bicyclic) bond motifs is 1. The molecule has 0 saturated heterocycles. The summed E-state index contributed by atoms with van der Waals surface area (Å²) in [6, 6.07) is 5.86. The Morgan fingerprint density at radius 2 is 2.31 bits per heavy atom. The molecular weight excluding hydrogens is 272 g/mol. The van der Waals surface area contributed by atoms with Gasteiger partial charge in [-0.05, 0) is 28.9 Å². The monoisotopic (exact) mass is 282 g/mol. The summed E-state index contributed by atoms with van der Waals surface area (Å²) in [4.78, 5) is 10.5. The normalized spacial score (nSPS) is 10.9. The van der Waals surface area contributed by atoms with Gasteiger partial charge in [-0.1, -0.05) is 12.1 Å². The lowest BCUT2D eigenvalue weighted by atomic mass is 10.2. The van der Waals surface area contributed by atoms with Crippen LogP contribution in [0.4, 0.5) is 0 Å². The highest BCUT2D eigenvalue weighted by Gasteiger charge is 2.10. The van der Waals surface area contributed by atoms with Gasteiger partial charge in [-0.15, -0.1) is 0 Å². The van der Waals surface area contributed by atoms with Crippen molar-refractivity contribution in [3.05, 3.63) is 28.4 Å². The van der Waals surface area contributed by atoms with Crippen molar-refractivity contribution in [1.29, 1.82) is 0 Å². The van der Waals surface area contributed by atoms with Crippen molar-refractivity contribution in [1.82, 2.24) is 9.78 Å². The van der Waals surface area contributed by atoms with Gasteiger partial charge in [-0.3, -0.25) is 9.48 Å². The summed E-state index contributed by atoms with van der Waals surface area (Å²) in [6.07, 6.45) is 0.0897. The van der Waals surface area contributed by atoms with Crippen molar-refractivity contribution >= 4 is 32.8 Å². The van der Waals surface area contributed by atoms with Gasteiger partial charge < -0.3 is 5.11 Å². The smallest absolute Gasteiger partial charge is 0.305 e. The number of carboxylic acid groups (broad SMARTS) is 1. The molecule has 4 nitrogen and oxygen atoms in total. The van der Waals surface area contributed by atoms with Crippen LogP contribution in [-0.2, 0) is 11.3 Å². The molecule has 0 aliphatic heterocycles. The number of carbonyl (C=O) groups is 1. The third kappa shape index (κ3) is 1.95. The van der Waals surface area contributed by atoms with Gasteiger partial charge in [0.1, 0.15) is 5.52 Å². The van der Waals surface area contributed by atoms with Crippen LogP contribution in [0, 0.1) is 6.92 Å². The Balaban J connectivity index is 2.44. The van der Waals surface area contributed by atoms with Crippen molar-refractivity contribution in [2.75, 3.05) is 0 Å². The van der Waals surface area contributed by atoms with Crippen molar-refractivity contribution in [2.45, 2.75) is 19.9 Å². The minimum atomic E-state index is -0.807. The van der Waals surface area contributed by atoms with Crippen LogP contribution in [0.25, 0.3) is 10.9 Å². The first kappa shape index (κ1) is 11.1. The number of hydrogen-bond acceptors (Lipinski definition) is 2. The van der Waals surface area contributed by atoms with Crippen LogP contribution in [0.15, 0.2) is 22.7 Å². The second kappa shape index (κ2) is 4.25. The first-order valence-corrected chi connectivity index (χ1v) is 5.72. The number of aromatic nitrogens is 2. The van der Waals surface area contributed by atoms with Gasteiger partial charge in [-0.2, -0.15) is 5.10 Å². The van der Waals surface area contributed by atoms with Gasteiger partial charge in [-0.25, -0.2) is 0 Å². The number of rotatable bonds is 3. The van der Waals surface area contributed by atoms with Crippen LogP contribution in [0.2, 0.25) is 0 Å². The molecule has 0 radical (unpaired) electrons. The zero-order valence-corrected chi connectivity index (χ0v) is 10.4. The van der Waals surface area contributed by atoms with Crippen LogP contribution in [0.3, 0.4) is 0 Å². The number of hydrogen-bond donors (Lipinski definition) is 1. The van der Waals surface area contributed by atoms with E-state index < -0.39 is 5.97 Å². The molecule has 0 aliphatic rings. The fraction of sp³-hybridized carbons (Fsp3) is 0.273. The van der Waals surface area contributed by atoms with E-state index in [1.807, 2.05) is 25.1 Å². The SMILES string of the molecule is Cc1c2cccc(Br)c2nn1CCC(=O)O. The summed E-state index contributed by atoms with van der Waals surface area (Å²) in [5.74, 6) is -0.807. The van der Waals surface area contributed by atoms with E-state index in [1.165, 1.54) is 0 Å². The molecule has 0 bridgehead atoms.